The summed E-state index contributed by atoms with van der Waals surface area (Å²) in [7, 11) is 0. The Kier molecular flexibility index (Phi) is 12.7. The molecular weight excluding hydrogens is 1100 g/mol. The largest absolute Gasteiger partial charge is 0.309 e. The summed E-state index contributed by atoms with van der Waals surface area (Å²) < 4.78 is 7.39. The van der Waals surface area contributed by atoms with E-state index in [-0.39, 0.29) is 0 Å². The Morgan fingerprint density at radius 2 is 0.560 bits per heavy atom. The van der Waals surface area contributed by atoms with Crippen molar-refractivity contribution in [2.45, 2.75) is 27.7 Å². The predicted molar refractivity (Wildman–Crippen MR) is 380 cm³/mol. The zero-order chi connectivity index (χ0) is 60.8. The number of fused-ring (bicyclic) bond motifs is 9. The van der Waals surface area contributed by atoms with Crippen LogP contribution in [0.3, 0.4) is 0 Å². The fraction of sp³-hybridized carbons (Fsp3) is 0.0471. The molecule has 91 heavy (non-hydrogen) atoms. The molecule has 0 amide bonds. The van der Waals surface area contributed by atoms with Gasteiger partial charge in [-0.25, -0.2) is 15.0 Å². The monoisotopic (exact) mass is 1160 g/mol. The summed E-state index contributed by atoms with van der Waals surface area (Å²) in [4.78, 5) is 16.2. The summed E-state index contributed by atoms with van der Waals surface area (Å²) >= 11 is 0. The lowest BCUT2D eigenvalue weighted by atomic mass is 9.91. The van der Waals surface area contributed by atoms with Gasteiger partial charge in [0.05, 0.1) is 38.8 Å². The highest BCUT2D eigenvalue weighted by atomic mass is 15.0. The zero-order valence-corrected chi connectivity index (χ0v) is 50.9. The van der Waals surface area contributed by atoms with Crippen molar-refractivity contribution < 1.29 is 0 Å². The van der Waals surface area contributed by atoms with Crippen LogP contribution in [0.1, 0.15) is 22.3 Å². The molecule has 17 aromatic rings. The highest BCUT2D eigenvalue weighted by Gasteiger charge is 2.26. The maximum atomic E-state index is 5.48. The van der Waals surface area contributed by atoms with Crippen LogP contribution < -0.4 is 0 Å². The van der Waals surface area contributed by atoms with Crippen molar-refractivity contribution in [1.29, 1.82) is 0 Å². The van der Waals surface area contributed by atoms with E-state index in [0.29, 0.717) is 17.5 Å². The minimum Gasteiger partial charge on any atom is -0.309 e. The predicted octanol–water partition coefficient (Wildman–Crippen LogP) is 22.1. The number of para-hydroxylation sites is 4. The minimum absolute atomic E-state index is 0.567. The summed E-state index contributed by atoms with van der Waals surface area (Å²) in [5, 5.41) is 7.16. The number of aryl methyl sites for hydroxylation is 4. The lowest BCUT2D eigenvalue weighted by Gasteiger charge is -2.22. The first-order valence-electron chi connectivity index (χ1n) is 31.2. The molecule has 0 saturated carbocycles. The van der Waals surface area contributed by atoms with Crippen LogP contribution in [0.25, 0.3) is 161 Å². The Morgan fingerprint density at radius 1 is 0.220 bits per heavy atom. The summed E-state index contributed by atoms with van der Waals surface area (Å²) in [6.45, 7) is 8.80. The maximum Gasteiger partial charge on any atom is 0.164 e. The third-order valence-electron chi connectivity index (χ3n) is 18.4. The van der Waals surface area contributed by atoms with Crippen molar-refractivity contribution in [2.75, 3.05) is 0 Å². The molecule has 4 heterocycles. The summed E-state index contributed by atoms with van der Waals surface area (Å²) in [5.74, 6) is 1.76. The molecule has 6 nitrogen and oxygen atoms in total. The fourth-order valence-corrected chi connectivity index (χ4v) is 14.3. The van der Waals surface area contributed by atoms with E-state index in [4.69, 9.17) is 15.0 Å². The third kappa shape index (κ3) is 9.05. The second-order valence-electron chi connectivity index (χ2n) is 24.2. The van der Waals surface area contributed by atoms with Gasteiger partial charge in [0, 0.05) is 71.5 Å². The van der Waals surface area contributed by atoms with Crippen LogP contribution in [-0.4, -0.2) is 28.7 Å². The number of nitrogens with zero attached hydrogens (tertiary/aromatic N) is 6. The van der Waals surface area contributed by atoms with E-state index in [1.54, 1.807) is 0 Å². The van der Waals surface area contributed by atoms with Crippen molar-refractivity contribution >= 4 is 65.4 Å². The quantitative estimate of drug-likeness (QED) is 0.137. The Bertz CT molecular complexity index is 5310. The van der Waals surface area contributed by atoms with E-state index in [0.717, 1.165) is 99.9 Å². The highest BCUT2D eigenvalue weighted by molar-refractivity contribution is 6.14. The first kappa shape index (κ1) is 53.5. The van der Waals surface area contributed by atoms with Crippen molar-refractivity contribution in [3.8, 4) is 95.7 Å². The van der Waals surface area contributed by atoms with Gasteiger partial charge in [0.1, 0.15) is 0 Å². The first-order valence-corrected chi connectivity index (χ1v) is 31.2. The summed E-state index contributed by atoms with van der Waals surface area (Å²) in [6, 6.07) is 106. The van der Waals surface area contributed by atoms with Crippen molar-refractivity contribution in [1.82, 2.24) is 28.7 Å². The maximum absolute atomic E-state index is 5.48. The molecule has 13 aromatic carbocycles. The Morgan fingerprint density at radius 3 is 0.956 bits per heavy atom. The van der Waals surface area contributed by atoms with Gasteiger partial charge in [0.15, 0.2) is 17.5 Å². The van der Waals surface area contributed by atoms with Crippen LogP contribution in [0.4, 0.5) is 0 Å². The van der Waals surface area contributed by atoms with E-state index < -0.39 is 0 Å². The van der Waals surface area contributed by atoms with Gasteiger partial charge in [0.25, 0.3) is 0 Å². The van der Waals surface area contributed by atoms with Gasteiger partial charge in [-0.1, -0.05) is 217 Å². The van der Waals surface area contributed by atoms with Crippen LogP contribution in [0.5, 0.6) is 0 Å². The Labute approximate surface area is 527 Å². The number of rotatable bonds is 10. The molecule has 6 heteroatoms. The fourth-order valence-electron chi connectivity index (χ4n) is 14.3. The molecule has 0 bridgehead atoms. The molecule has 0 aliphatic rings. The van der Waals surface area contributed by atoms with E-state index in [1.165, 1.54) is 66.1 Å². The summed E-state index contributed by atoms with van der Waals surface area (Å²) in [5.41, 5.74) is 26.4. The number of aromatic nitrogens is 6. The number of hydrogen-bond donors (Lipinski definition) is 0. The molecule has 430 valence electrons. The van der Waals surface area contributed by atoms with Gasteiger partial charge in [0.2, 0.25) is 0 Å². The van der Waals surface area contributed by atoms with Crippen molar-refractivity contribution in [2.24, 2.45) is 0 Å². The molecule has 0 spiro atoms. The average Bonchev–Trinajstić information content (AvgIpc) is 1.61. The molecular formula is C85H60N6. The number of benzene rings is 13. The van der Waals surface area contributed by atoms with Crippen LogP contribution in [0.15, 0.2) is 291 Å². The first-order chi connectivity index (χ1) is 44.8. The molecule has 4 aromatic heterocycles. The van der Waals surface area contributed by atoms with Gasteiger partial charge in [-0.05, 0) is 157 Å². The van der Waals surface area contributed by atoms with Gasteiger partial charge < -0.3 is 13.7 Å². The molecule has 0 unspecified atom stereocenters. The van der Waals surface area contributed by atoms with Crippen molar-refractivity contribution in [3.05, 3.63) is 313 Å². The Balaban J connectivity index is 1.02. The van der Waals surface area contributed by atoms with Crippen LogP contribution in [-0.2, 0) is 0 Å². The zero-order valence-electron chi connectivity index (χ0n) is 50.9. The SMILES string of the molecule is Cc1ccc(-c2ccc3c(c2)c2cc(-c4ccc(C)cc4C)ccc2n3-c2c(-c3cccc(-n4c5ccccc5c5ccccc54)c3)cc(-c3nc(-c4ccccc4)nc(-c4ccccc4)n3)cc2-c2cccc(-n3c4ccccc4c4ccccc43)c2)c(C)c1. The van der Waals surface area contributed by atoms with E-state index in [2.05, 4.69) is 296 Å². The lowest BCUT2D eigenvalue weighted by Crippen LogP contribution is -2.05. The normalized spacial score (nSPS) is 11.7. The van der Waals surface area contributed by atoms with E-state index in [1.807, 2.05) is 36.4 Å². The standard InChI is InChI=1S/C85H60N6/c1-53-37-41-66(55(3)45-53)61-39-43-80-74(49-61)75-50-62(67-42-38-54(2)46-56(67)4)40-44-81(75)91(80)82-72(59-25-19-27-64(47-59)89-76-33-15-11-29-68(76)69-30-12-16-34-77(69)89)51-63(85-87-83(57-21-7-5-8-22-57)86-84(88-85)58-23-9-6-10-24-58)52-73(82)60-26-20-28-65(48-60)90-78-35-17-13-31-70(78)71-32-14-18-36-79(71)90/h5-52H,1-4H3. The molecule has 0 atom stereocenters. The van der Waals surface area contributed by atoms with Gasteiger partial charge >= 0.3 is 0 Å². The van der Waals surface area contributed by atoms with Crippen molar-refractivity contribution in [3.63, 3.8) is 0 Å². The molecule has 0 aliphatic heterocycles. The molecule has 0 radical (unpaired) electrons. The summed E-state index contributed by atoms with van der Waals surface area (Å²) in [6.07, 6.45) is 0. The van der Waals surface area contributed by atoms with Crippen LogP contribution >= 0.6 is 0 Å². The number of hydrogen-bond acceptors (Lipinski definition) is 3. The molecule has 0 N–H and O–H groups in total. The third-order valence-corrected chi connectivity index (χ3v) is 18.4. The lowest BCUT2D eigenvalue weighted by molar-refractivity contribution is 1.07. The second-order valence-corrected chi connectivity index (χ2v) is 24.2. The molecule has 0 aliphatic carbocycles. The van der Waals surface area contributed by atoms with E-state index >= 15 is 0 Å². The van der Waals surface area contributed by atoms with Gasteiger partial charge in [-0.2, -0.15) is 0 Å². The van der Waals surface area contributed by atoms with Crippen LogP contribution in [0, 0.1) is 27.7 Å². The topological polar surface area (TPSA) is 53.5 Å². The van der Waals surface area contributed by atoms with Gasteiger partial charge in [-0.15, -0.1) is 0 Å². The smallest absolute Gasteiger partial charge is 0.164 e. The Hall–Kier alpha value is -11.7. The van der Waals surface area contributed by atoms with Crippen LogP contribution in [0.2, 0.25) is 0 Å². The molecule has 0 saturated heterocycles. The second kappa shape index (κ2) is 21.5. The molecule has 0 fully saturated rings. The van der Waals surface area contributed by atoms with Gasteiger partial charge in [-0.3, -0.25) is 0 Å². The average molecular weight is 1170 g/mol. The highest BCUT2D eigenvalue weighted by Crippen LogP contribution is 2.47. The molecule has 17 rings (SSSR count). The van der Waals surface area contributed by atoms with E-state index in [9.17, 15) is 0 Å². The minimum atomic E-state index is 0.567.